The maximum Gasteiger partial charge on any atom is 0.0750 e. The Hall–Kier alpha value is -0.0800. The third-order valence-corrected chi connectivity index (χ3v) is 2.14. The van der Waals surface area contributed by atoms with E-state index in [0.717, 1.165) is 13.2 Å². The predicted molar refractivity (Wildman–Crippen MR) is 58.0 cm³/mol. The second-order valence-corrected chi connectivity index (χ2v) is 4.49. The average Bonchev–Trinajstić information content (AvgIpc) is 2.02. The highest BCUT2D eigenvalue weighted by molar-refractivity contribution is 4.71. The minimum Gasteiger partial charge on any atom is -0.374 e. The SMILES string of the molecule is CCCC(C)COC(C)(C)CNC. The minimum absolute atomic E-state index is 0.0310. The monoisotopic (exact) mass is 187 g/mol. The van der Waals surface area contributed by atoms with Crippen LogP contribution in [0.3, 0.4) is 0 Å². The largest absolute Gasteiger partial charge is 0.374 e. The van der Waals surface area contributed by atoms with Crippen molar-refractivity contribution < 1.29 is 4.74 Å². The molecule has 0 aromatic carbocycles. The second kappa shape index (κ2) is 6.39. The molecule has 1 unspecified atom stereocenters. The van der Waals surface area contributed by atoms with Crippen molar-refractivity contribution in [2.75, 3.05) is 20.2 Å². The molecule has 2 heteroatoms. The first-order chi connectivity index (χ1) is 6.02. The zero-order chi connectivity index (χ0) is 10.3. The van der Waals surface area contributed by atoms with Crippen LogP contribution < -0.4 is 5.32 Å². The summed E-state index contributed by atoms with van der Waals surface area (Å²) in [6.45, 7) is 10.5. The minimum atomic E-state index is -0.0310. The lowest BCUT2D eigenvalue weighted by Gasteiger charge is -2.26. The summed E-state index contributed by atoms with van der Waals surface area (Å²) < 4.78 is 5.82. The second-order valence-electron chi connectivity index (χ2n) is 4.49. The van der Waals surface area contributed by atoms with E-state index in [1.54, 1.807) is 0 Å². The Labute approximate surface area is 83.1 Å². The van der Waals surface area contributed by atoms with Crippen LogP contribution in [0.25, 0.3) is 0 Å². The first-order valence-electron chi connectivity index (χ1n) is 5.30. The molecule has 0 aliphatic heterocycles. The van der Waals surface area contributed by atoms with Crippen molar-refractivity contribution in [2.24, 2.45) is 5.92 Å². The molecule has 0 radical (unpaired) electrons. The van der Waals surface area contributed by atoms with Gasteiger partial charge in [-0.15, -0.1) is 0 Å². The first-order valence-corrected chi connectivity index (χ1v) is 5.30. The van der Waals surface area contributed by atoms with Gasteiger partial charge in [0.15, 0.2) is 0 Å². The van der Waals surface area contributed by atoms with Gasteiger partial charge in [-0.2, -0.15) is 0 Å². The van der Waals surface area contributed by atoms with Gasteiger partial charge in [0.25, 0.3) is 0 Å². The van der Waals surface area contributed by atoms with Crippen molar-refractivity contribution >= 4 is 0 Å². The van der Waals surface area contributed by atoms with Gasteiger partial charge >= 0.3 is 0 Å². The van der Waals surface area contributed by atoms with Crippen molar-refractivity contribution in [3.63, 3.8) is 0 Å². The summed E-state index contributed by atoms with van der Waals surface area (Å²) >= 11 is 0. The summed E-state index contributed by atoms with van der Waals surface area (Å²) in [6, 6.07) is 0. The van der Waals surface area contributed by atoms with Crippen molar-refractivity contribution in [1.82, 2.24) is 5.32 Å². The number of nitrogens with one attached hydrogen (secondary N) is 1. The van der Waals surface area contributed by atoms with E-state index >= 15 is 0 Å². The number of rotatable bonds is 7. The van der Waals surface area contributed by atoms with Crippen LogP contribution in [-0.2, 0) is 4.74 Å². The molecule has 0 saturated carbocycles. The van der Waals surface area contributed by atoms with Crippen LogP contribution in [0.2, 0.25) is 0 Å². The fourth-order valence-corrected chi connectivity index (χ4v) is 1.42. The first kappa shape index (κ1) is 12.9. The standard InChI is InChI=1S/C11H25NO/c1-6-7-10(2)8-13-11(3,4)9-12-5/h10,12H,6-9H2,1-5H3. The zero-order valence-corrected chi connectivity index (χ0v) is 9.81. The van der Waals surface area contributed by atoms with Crippen LogP contribution in [0, 0.1) is 5.92 Å². The van der Waals surface area contributed by atoms with Crippen LogP contribution in [-0.4, -0.2) is 25.8 Å². The lowest BCUT2D eigenvalue weighted by Crippen LogP contribution is -2.37. The van der Waals surface area contributed by atoms with Crippen LogP contribution >= 0.6 is 0 Å². The molecule has 0 rings (SSSR count). The Morgan fingerprint density at radius 1 is 1.38 bits per heavy atom. The highest BCUT2D eigenvalue weighted by Crippen LogP contribution is 2.12. The van der Waals surface area contributed by atoms with Crippen molar-refractivity contribution in [2.45, 2.75) is 46.1 Å². The summed E-state index contributed by atoms with van der Waals surface area (Å²) in [5.74, 6) is 0.682. The third kappa shape index (κ3) is 7.03. The highest BCUT2D eigenvalue weighted by atomic mass is 16.5. The van der Waals surface area contributed by atoms with Gasteiger partial charge < -0.3 is 10.1 Å². The Kier molecular flexibility index (Phi) is 6.35. The molecule has 0 saturated heterocycles. The number of hydrogen-bond donors (Lipinski definition) is 1. The smallest absolute Gasteiger partial charge is 0.0750 e. The zero-order valence-electron chi connectivity index (χ0n) is 9.81. The van der Waals surface area contributed by atoms with E-state index in [1.165, 1.54) is 12.8 Å². The van der Waals surface area contributed by atoms with Crippen molar-refractivity contribution in [3.8, 4) is 0 Å². The molecule has 2 nitrogen and oxygen atoms in total. The van der Waals surface area contributed by atoms with Gasteiger partial charge in [-0.3, -0.25) is 0 Å². The van der Waals surface area contributed by atoms with E-state index in [1.807, 2.05) is 7.05 Å². The number of hydrogen-bond acceptors (Lipinski definition) is 2. The van der Waals surface area contributed by atoms with Gasteiger partial charge in [0.2, 0.25) is 0 Å². The molecule has 0 bridgehead atoms. The van der Waals surface area contributed by atoms with E-state index in [-0.39, 0.29) is 5.60 Å². The van der Waals surface area contributed by atoms with E-state index in [9.17, 15) is 0 Å². The molecule has 0 fully saturated rings. The Balaban J connectivity index is 3.60. The molecule has 80 valence electrons. The fraction of sp³-hybridized carbons (Fsp3) is 1.00. The van der Waals surface area contributed by atoms with Gasteiger partial charge in [0.05, 0.1) is 5.60 Å². The molecule has 0 aromatic heterocycles. The Morgan fingerprint density at radius 2 is 2.00 bits per heavy atom. The number of likely N-dealkylation sites (N-methyl/N-ethyl adjacent to an activating group) is 1. The molecule has 0 aliphatic carbocycles. The Morgan fingerprint density at radius 3 is 2.46 bits per heavy atom. The van der Waals surface area contributed by atoms with Crippen LogP contribution in [0.5, 0.6) is 0 Å². The van der Waals surface area contributed by atoms with Crippen molar-refractivity contribution in [1.29, 1.82) is 0 Å². The summed E-state index contributed by atoms with van der Waals surface area (Å²) in [7, 11) is 1.96. The molecule has 0 aromatic rings. The molecule has 1 atom stereocenters. The lowest BCUT2D eigenvalue weighted by atomic mass is 10.1. The Bertz CT molecular complexity index is 123. The van der Waals surface area contributed by atoms with E-state index < -0.39 is 0 Å². The van der Waals surface area contributed by atoms with E-state index in [0.29, 0.717) is 5.92 Å². The van der Waals surface area contributed by atoms with Crippen LogP contribution in [0.1, 0.15) is 40.5 Å². The van der Waals surface area contributed by atoms with Gasteiger partial charge in [0, 0.05) is 13.2 Å². The van der Waals surface area contributed by atoms with E-state index in [2.05, 4.69) is 33.0 Å². The summed E-state index contributed by atoms with van der Waals surface area (Å²) in [5, 5.41) is 3.14. The van der Waals surface area contributed by atoms with E-state index in [4.69, 9.17) is 4.74 Å². The summed E-state index contributed by atoms with van der Waals surface area (Å²) in [4.78, 5) is 0. The van der Waals surface area contributed by atoms with Gasteiger partial charge in [-0.05, 0) is 33.2 Å². The average molecular weight is 187 g/mol. The molecular weight excluding hydrogens is 162 g/mol. The van der Waals surface area contributed by atoms with Gasteiger partial charge in [0.1, 0.15) is 0 Å². The van der Waals surface area contributed by atoms with Crippen molar-refractivity contribution in [3.05, 3.63) is 0 Å². The summed E-state index contributed by atoms with van der Waals surface area (Å²) in [5.41, 5.74) is -0.0310. The quantitative estimate of drug-likeness (QED) is 0.661. The van der Waals surface area contributed by atoms with Gasteiger partial charge in [-0.25, -0.2) is 0 Å². The third-order valence-electron chi connectivity index (χ3n) is 2.14. The van der Waals surface area contributed by atoms with Crippen LogP contribution in [0.15, 0.2) is 0 Å². The normalized spacial score (nSPS) is 14.5. The maximum atomic E-state index is 5.82. The molecule has 0 heterocycles. The lowest BCUT2D eigenvalue weighted by molar-refractivity contribution is -0.0316. The fourth-order valence-electron chi connectivity index (χ4n) is 1.42. The molecule has 13 heavy (non-hydrogen) atoms. The highest BCUT2D eigenvalue weighted by Gasteiger charge is 2.17. The molecule has 0 amide bonds. The topological polar surface area (TPSA) is 21.3 Å². The molecule has 1 N–H and O–H groups in total. The maximum absolute atomic E-state index is 5.82. The molecule has 0 aliphatic rings. The molecular formula is C11H25NO. The molecule has 0 spiro atoms. The predicted octanol–water partition coefficient (Wildman–Crippen LogP) is 2.44. The van der Waals surface area contributed by atoms with Crippen LogP contribution in [0.4, 0.5) is 0 Å². The van der Waals surface area contributed by atoms with Gasteiger partial charge in [-0.1, -0.05) is 20.3 Å². The number of ether oxygens (including phenoxy) is 1. The summed E-state index contributed by atoms with van der Waals surface area (Å²) in [6.07, 6.45) is 2.51.